The highest BCUT2D eigenvalue weighted by Crippen LogP contribution is 2.47. The van der Waals surface area contributed by atoms with Crippen molar-refractivity contribution < 1.29 is 33.4 Å². The number of ether oxygens (including phenoxy) is 2. The molecule has 3 aliphatic rings. The number of hydrogen-bond donors (Lipinski definition) is 4. The lowest BCUT2D eigenvalue weighted by atomic mass is 10.0. The van der Waals surface area contributed by atoms with E-state index in [2.05, 4.69) is 20.6 Å². The van der Waals surface area contributed by atoms with Gasteiger partial charge in [-0.1, -0.05) is 127 Å². The molecule has 0 radical (unpaired) electrons. The summed E-state index contributed by atoms with van der Waals surface area (Å²) in [5.41, 5.74) is 7.79. The van der Waals surface area contributed by atoms with Gasteiger partial charge in [0.15, 0.2) is 0 Å². The summed E-state index contributed by atoms with van der Waals surface area (Å²) in [5.74, 6) is 0.684. The number of likely N-dealkylation sites (tertiary alicyclic amines) is 2. The molecule has 4 N–H and O–H groups in total. The number of aromatic amines is 2. The van der Waals surface area contributed by atoms with Gasteiger partial charge in [-0.05, 0) is 83.8 Å². The third-order valence-corrected chi connectivity index (χ3v) is 14.8. The van der Waals surface area contributed by atoms with Crippen molar-refractivity contribution in [1.82, 2.24) is 45.3 Å². The molecule has 6 amide bonds. The largest absolute Gasteiger partial charge is 0.453 e. The Hall–Kier alpha value is -8.99. The van der Waals surface area contributed by atoms with Crippen molar-refractivity contribution in [3.05, 3.63) is 197 Å². The number of methoxy groups -OCH3 is 2. The van der Waals surface area contributed by atoms with Crippen molar-refractivity contribution in [3.8, 4) is 0 Å². The topological polar surface area (TPSA) is 198 Å². The van der Waals surface area contributed by atoms with Gasteiger partial charge in [0.2, 0.25) is 0 Å². The fourth-order valence-corrected chi connectivity index (χ4v) is 11.2. The third kappa shape index (κ3) is 9.60. The molecule has 2 aromatic heterocycles. The lowest BCUT2D eigenvalue weighted by Gasteiger charge is -2.33. The number of imidazole rings is 2. The van der Waals surface area contributed by atoms with E-state index < -0.39 is 36.4 Å². The molecule has 3 saturated heterocycles. The first-order valence-corrected chi connectivity index (χ1v) is 25.2. The van der Waals surface area contributed by atoms with E-state index in [9.17, 15) is 24.0 Å². The second kappa shape index (κ2) is 20.9. The summed E-state index contributed by atoms with van der Waals surface area (Å²) in [6, 6.07) is 46.2. The van der Waals surface area contributed by atoms with Gasteiger partial charge in [0, 0.05) is 25.3 Å². The molecule has 0 saturated carbocycles. The molecule has 0 bridgehead atoms. The van der Waals surface area contributed by atoms with Crippen LogP contribution in [0.4, 0.5) is 20.1 Å². The van der Waals surface area contributed by atoms with E-state index in [0.29, 0.717) is 79.3 Å². The SMILES string of the molecule is COC(=O)N[C@@H](C(=O)N1[C@@H](c2ccccc2)CC[C@@H]1c1nc2ccc(CN3CCN(c4ccc5nc([C@H]6CC[C@H](c7ccccc7)N6C(=O)[C@H](NC(=O)OC)c6ccccc6)[nH]c5c4)C3=O)cc2[nH]1)c1ccccc1. The van der Waals surface area contributed by atoms with Crippen molar-refractivity contribution in [1.29, 1.82) is 0 Å². The second-order valence-electron chi connectivity index (χ2n) is 19.1. The highest BCUT2D eigenvalue weighted by Gasteiger charge is 2.45. The zero-order valence-electron chi connectivity index (χ0n) is 41.5. The molecule has 17 nitrogen and oxygen atoms in total. The minimum atomic E-state index is -1.00. The fraction of sp³-hybridized carbons (Fsp3) is 0.259. The van der Waals surface area contributed by atoms with Gasteiger partial charge in [-0.2, -0.15) is 0 Å². The van der Waals surface area contributed by atoms with E-state index in [1.165, 1.54) is 14.2 Å². The first-order valence-electron chi connectivity index (χ1n) is 25.2. The van der Waals surface area contributed by atoms with E-state index in [1.807, 2.05) is 172 Å². The Labute approximate surface area is 432 Å². The second-order valence-corrected chi connectivity index (χ2v) is 19.1. The number of alkyl carbamates (subject to hydrolysis) is 2. The van der Waals surface area contributed by atoms with Crippen LogP contribution in [0.2, 0.25) is 0 Å². The lowest BCUT2D eigenvalue weighted by molar-refractivity contribution is -0.137. The van der Waals surface area contributed by atoms with Crippen LogP contribution in [0.15, 0.2) is 158 Å². The number of H-pyrrole nitrogens is 2. The third-order valence-electron chi connectivity index (χ3n) is 14.8. The van der Waals surface area contributed by atoms with Crippen LogP contribution in [-0.4, -0.2) is 92.0 Å². The van der Waals surface area contributed by atoms with E-state index in [1.54, 1.807) is 4.90 Å². The Morgan fingerprint density at radius 2 is 1.00 bits per heavy atom. The number of urea groups is 1. The van der Waals surface area contributed by atoms with Crippen LogP contribution in [0.3, 0.4) is 0 Å². The number of nitrogens with one attached hydrogen (secondary N) is 4. The normalized spacial score (nSPS) is 19.4. The standard InChI is InChI=1S/C58H56N10O7/c1-74-56(71)63-50(39-19-11-5-12-20-39)54(69)67-46(37-15-7-3-8-16-37)27-29-48(67)52-59-42-25-23-36(33-44(42)61-52)35-65-31-32-66(58(65)73)41-24-26-43-45(34-41)62-53(60-43)49-30-28-47(38-17-9-4-10-18-38)68(49)55(70)51(64-57(72)75-2)40-21-13-6-14-22-40/h3-26,33-34,46-51H,27-32,35H2,1-2H3,(H,59,61)(H,60,62)(H,63,71)(H,64,72)/t46-,47-,48-,49-,50-,51-/m1/s1. The van der Waals surface area contributed by atoms with Crippen molar-refractivity contribution in [2.45, 2.75) is 68.5 Å². The number of carbonyl (C=O) groups excluding carboxylic acids is 5. The maximum Gasteiger partial charge on any atom is 0.407 e. The molecule has 11 rings (SSSR count). The van der Waals surface area contributed by atoms with Gasteiger partial charge in [0.25, 0.3) is 11.8 Å². The highest BCUT2D eigenvalue weighted by molar-refractivity contribution is 5.96. The minimum Gasteiger partial charge on any atom is -0.453 e. The molecule has 3 aliphatic heterocycles. The molecular weight excluding hydrogens is 949 g/mol. The lowest BCUT2D eigenvalue weighted by Crippen LogP contribution is -2.43. The predicted octanol–water partition coefficient (Wildman–Crippen LogP) is 9.89. The zero-order valence-corrected chi connectivity index (χ0v) is 41.5. The zero-order chi connectivity index (χ0) is 51.6. The smallest absolute Gasteiger partial charge is 0.407 e. The fourth-order valence-electron chi connectivity index (χ4n) is 11.2. The summed E-state index contributed by atoms with van der Waals surface area (Å²) in [4.78, 5) is 93.6. The number of anilines is 1. The Bertz CT molecular complexity index is 3370. The van der Waals surface area contributed by atoms with Crippen LogP contribution in [0, 0.1) is 0 Å². The number of aromatic nitrogens is 4. The van der Waals surface area contributed by atoms with Gasteiger partial charge in [-0.25, -0.2) is 24.4 Å². The van der Waals surface area contributed by atoms with Crippen molar-refractivity contribution in [2.24, 2.45) is 0 Å². The van der Waals surface area contributed by atoms with E-state index in [4.69, 9.17) is 19.4 Å². The van der Waals surface area contributed by atoms with E-state index in [0.717, 1.165) is 33.2 Å². The first-order chi connectivity index (χ1) is 36.6. The summed E-state index contributed by atoms with van der Waals surface area (Å²) >= 11 is 0. The molecule has 5 heterocycles. The Morgan fingerprint density at radius 1 is 0.560 bits per heavy atom. The number of carbonyl (C=O) groups is 5. The molecule has 8 aromatic rings. The summed E-state index contributed by atoms with van der Waals surface area (Å²) in [6.45, 7) is 1.34. The number of benzene rings is 6. The highest BCUT2D eigenvalue weighted by atomic mass is 16.5. The van der Waals surface area contributed by atoms with Gasteiger partial charge in [0.1, 0.15) is 23.7 Å². The average molecular weight is 1010 g/mol. The average Bonchev–Trinajstić information content (AvgIpc) is 4.32. The maximum atomic E-state index is 14.8. The van der Waals surface area contributed by atoms with Gasteiger partial charge in [-0.3, -0.25) is 14.5 Å². The van der Waals surface area contributed by atoms with Gasteiger partial charge < -0.3 is 44.8 Å². The number of hydrogen-bond acceptors (Lipinski definition) is 9. The molecule has 17 heteroatoms. The minimum absolute atomic E-state index is 0.136. The van der Waals surface area contributed by atoms with Crippen LogP contribution < -0.4 is 15.5 Å². The van der Waals surface area contributed by atoms with Crippen LogP contribution in [0.1, 0.15) is 101 Å². The summed E-state index contributed by atoms with van der Waals surface area (Å²) in [7, 11) is 2.55. The van der Waals surface area contributed by atoms with Crippen LogP contribution in [0.5, 0.6) is 0 Å². The van der Waals surface area contributed by atoms with Crippen molar-refractivity contribution in [2.75, 3.05) is 32.2 Å². The van der Waals surface area contributed by atoms with Crippen LogP contribution in [-0.2, 0) is 25.6 Å². The summed E-state index contributed by atoms with van der Waals surface area (Å²) in [5, 5.41) is 5.57. The number of fused-ring (bicyclic) bond motifs is 2. The van der Waals surface area contributed by atoms with Crippen molar-refractivity contribution in [3.63, 3.8) is 0 Å². The van der Waals surface area contributed by atoms with Gasteiger partial charge in [-0.15, -0.1) is 0 Å². The molecular formula is C58H56N10O7. The summed E-state index contributed by atoms with van der Waals surface area (Å²) < 4.78 is 9.92. The molecule has 6 aromatic carbocycles. The first kappa shape index (κ1) is 48.3. The Balaban J connectivity index is 0.819. The Morgan fingerprint density at radius 3 is 1.48 bits per heavy atom. The molecule has 0 unspecified atom stereocenters. The monoisotopic (exact) mass is 1000 g/mol. The molecule has 0 spiro atoms. The predicted molar refractivity (Wildman–Crippen MR) is 281 cm³/mol. The van der Waals surface area contributed by atoms with E-state index >= 15 is 0 Å². The molecule has 75 heavy (non-hydrogen) atoms. The molecule has 380 valence electrons. The van der Waals surface area contributed by atoms with Crippen LogP contribution in [0.25, 0.3) is 22.1 Å². The molecule has 3 fully saturated rings. The summed E-state index contributed by atoms with van der Waals surface area (Å²) in [6.07, 6.45) is 1.21. The number of nitrogens with zero attached hydrogens (tertiary/aromatic N) is 6. The maximum absolute atomic E-state index is 14.8. The van der Waals surface area contributed by atoms with Crippen molar-refractivity contribution >= 4 is 57.8 Å². The number of amides is 6. The Kier molecular flexibility index (Phi) is 13.4. The number of rotatable bonds is 13. The molecule has 6 atom stereocenters. The molecule has 0 aliphatic carbocycles. The quantitative estimate of drug-likeness (QED) is 0.0869. The van der Waals surface area contributed by atoms with Gasteiger partial charge in [0.05, 0.1) is 60.5 Å². The van der Waals surface area contributed by atoms with E-state index in [-0.39, 0.29) is 29.9 Å². The van der Waals surface area contributed by atoms with Gasteiger partial charge >= 0.3 is 18.2 Å². The van der Waals surface area contributed by atoms with Crippen LogP contribution >= 0.6 is 0 Å².